The third-order valence-electron chi connectivity index (χ3n) is 1.91. The number of carbonyl (C=O) groups excluding carboxylic acids is 1. The monoisotopic (exact) mass is 242 g/mol. The lowest BCUT2D eigenvalue weighted by Gasteiger charge is -2.05. The Morgan fingerprint density at radius 2 is 1.82 bits per heavy atom. The van der Waals surface area contributed by atoms with Gasteiger partial charge in [-0.2, -0.15) is 18.3 Å². The molecule has 0 aliphatic heterocycles. The molecule has 2 rings (SSSR count). The molecule has 17 heavy (non-hydrogen) atoms. The highest BCUT2D eigenvalue weighted by molar-refractivity contribution is 5.73. The molecule has 0 aromatic carbocycles. The van der Waals surface area contributed by atoms with E-state index >= 15 is 0 Å². The zero-order chi connectivity index (χ0) is 12.5. The Labute approximate surface area is 92.9 Å². The summed E-state index contributed by atoms with van der Waals surface area (Å²) < 4.78 is 37.8. The number of hydrogen-bond donors (Lipinski definition) is 0. The molecular weight excluding hydrogens is 237 g/mol. The van der Waals surface area contributed by atoms with Gasteiger partial charge in [0.05, 0.1) is 17.3 Å². The van der Waals surface area contributed by atoms with Crippen molar-refractivity contribution in [2.75, 3.05) is 0 Å². The molecule has 0 saturated heterocycles. The Morgan fingerprint density at radius 3 is 2.29 bits per heavy atom. The fourth-order valence-electron chi connectivity index (χ4n) is 1.09. The highest BCUT2D eigenvalue weighted by Crippen LogP contribution is 2.27. The molecule has 8 heteroatoms. The molecule has 0 amide bonds. The molecule has 5 nitrogen and oxygen atoms in total. The maximum atomic E-state index is 12.2. The number of nitrogens with zero attached hydrogens (tertiary/aromatic N) is 4. The highest BCUT2D eigenvalue weighted by Gasteiger charge is 2.31. The van der Waals surface area contributed by atoms with Crippen LogP contribution < -0.4 is 0 Å². The van der Waals surface area contributed by atoms with Crippen LogP contribution in [0.15, 0.2) is 24.8 Å². The van der Waals surface area contributed by atoms with Gasteiger partial charge in [0.2, 0.25) is 5.95 Å². The zero-order valence-electron chi connectivity index (χ0n) is 8.22. The molecule has 0 N–H and O–H groups in total. The van der Waals surface area contributed by atoms with Crippen LogP contribution in [0.5, 0.6) is 0 Å². The Hall–Kier alpha value is -2.25. The first-order chi connectivity index (χ1) is 8.00. The van der Waals surface area contributed by atoms with Crippen LogP contribution in [-0.2, 0) is 6.18 Å². The average Bonchev–Trinajstić information content (AvgIpc) is 2.76. The van der Waals surface area contributed by atoms with Gasteiger partial charge in [0.25, 0.3) is 0 Å². The van der Waals surface area contributed by atoms with Crippen LogP contribution in [-0.4, -0.2) is 26.0 Å². The quantitative estimate of drug-likeness (QED) is 0.748. The van der Waals surface area contributed by atoms with Crippen LogP contribution in [0, 0.1) is 0 Å². The molecule has 0 unspecified atom stereocenters. The van der Waals surface area contributed by atoms with Crippen molar-refractivity contribution in [2.45, 2.75) is 6.18 Å². The second-order valence-corrected chi connectivity index (χ2v) is 3.11. The largest absolute Gasteiger partial charge is 0.419 e. The summed E-state index contributed by atoms with van der Waals surface area (Å²) in [7, 11) is 0. The summed E-state index contributed by atoms with van der Waals surface area (Å²) in [6.45, 7) is 0. The normalized spacial score (nSPS) is 11.5. The lowest BCUT2D eigenvalue weighted by atomic mass is 10.3. The number of carbonyl (C=O) groups is 1. The zero-order valence-corrected chi connectivity index (χ0v) is 8.22. The molecule has 0 fully saturated rings. The van der Waals surface area contributed by atoms with Crippen molar-refractivity contribution in [3.63, 3.8) is 0 Å². The number of rotatable bonds is 2. The summed E-state index contributed by atoms with van der Waals surface area (Å²) in [5.74, 6) is -0.0360. The van der Waals surface area contributed by atoms with Crippen molar-refractivity contribution in [3.8, 4) is 5.95 Å². The first-order valence-electron chi connectivity index (χ1n) is 4.40. The van der Waals surface area contributed by atoms with E-state index in [1.54, 1.807) is 0 Å². The third kappa shape index (κ3) is 2.30. The second-order valence-electron chi connectivity index (χ2n) is 3.11. The number of alkyl halides is 3. The Kier molecular flexibility index (Phi) is 2.62. The summed E-state index contributed by atoms with van der Waals surface area (Å²) in [4.78, 5) is 17.4. The summed E-state index contributed by atoms with van der Waals surface area (Å²) in [5.41, 5.74) is -0.655. The predicted molar refractivity (Wildman–Crippen MR) is 49.5 cm³/mol. The summed E-state index contributed by atoms with van der Waals surface area (Å²) >= 11 is 0. The minimum Gasteiger partial charge on any atom is -0.298 e. The standard InChI is InChI=1S/C9H5F3N4O/c10-9(11,12)7-2-13-8(14-3-7)16-4-6(5-17)1-15-16/h1-5H. The molecule has 0 spiro atoms. The number of aldehydes is 1. The number of halogens is 3. The van der Waals surface area contributed by atoms with Crippen LogP contribution in [0.25, 0.3) is 5.95 Å². The third-order valence-corrected chi connectivity index (χ3v) is 1.91. The maximum Gasteiger partial charge on any atom is 0.419 e. The van der Waals surface area contributed by atoms with Gasteiger partial charge in [-0.3, -0.25) is 4.79 Å². The van der Waals surface area contributed by atoms with E-state index in [0.717, 1.165) is 4.68 Å². The molecule has 0 saturated carbocycles. The molecule has 0 radical (unpaired) electrons. The van der Waals surface area contributed by atoms with E-state index in [9.17, 15) is 18.0 Å². The molecule has 88 valence electrons. The van der Waals surface area contributed by atoms with E-state index in [-0.39, 0.29) is 11.5 Å². The number of hydrogen-bond acceptors (Lipinski definition) is 4. The lowest BCUT2D eigenvalue weighted by Crippen LogP contribution is -2.09. The van der Waals surface area contributed by atoms with Crippen molar-refractivity contribution < 1.29 is 18.0 Å². The highest BCUT2D eigenvalue weighted by atomic mass is 19.4. The van der Waals surface area contributed by atoms with Gasteiger partial charge in [-0.05, 0) is 0 Å². The molecule has 0 aliphatic carbocycles. The topological polar surface area (TPSA) is 60.7 Å². The van der Waals surface area contributed by atoms with Crippen LogP contribution in [0.1, 0.15) is 15.9 Å². The minimum atomic E-state index is -4.48. The van der Waals surface area contributed by atoms with Crippen LogP contribution in [0.4, 0.5) is 13.2 Å². The second kappa shape index (κ2) is 3.96. The van der Waals surface area contributed by atoms with Crippen LogP contribution in [0.3, 0.4) is 0 Å². The van der Waals surface area contributed by atoms with Gasteiger partial charge >= 0.3 is 6.18 Å². The van der Waals surface area contributed by atoms with E-state index < -0.39 is 11.7 Å². The van der Waals surface area contributed by atoms with Gasteiger partial charge in [-0.25, -0.2) is 14.6 Å². The fourth-order valence-corrected chi connectivity index (χ4v) is 1.09. The minimum absolute atomic E-state index is 0.0360. The molecule has 0 atom stereocenters. The molecule has 2 aromatic heterocycles. The smallest absolute Gasteiger partial charge is 0.298 e. The molecule has 2 heterocycles. The number of aromatic nitrogens is 4. The Morgan fingerprint density at radius 1 is 1.18 bits per heavy atom. The van der Waals surface area contributed by atoms with Crippen LogP contribution >= 0.6 is 0 Å². The van der Waals surface area contributed by atoms with Crippen molar-refractivity contribution in [2.24, 2.45) is 0 Å². The molecule has 0 aliphatic rings. The summed E-state index contributed by atoms with van der Waals surface area (Å²) in [6, 6.07) is 0. The van der Waals surface area contributed by atoms with Crippen molar-refractivity contribution in [1.29, 1.82) is 0 Å². The first kappa shape index (κ1) is 11.2. The van der Waals surface area contributed by atoms with Gasteiger partial charge in [0, 0.05) is 18.6 Å². The lowest BCUT2D eigenvalue weighted by molar-refractivity contribution is -0.138. The van der Waals surface area contributed by atoms with Crippen molar-refractivity contribution >= 4 is 6.29 Å². The SMILES string of the molecule is O=Cc1cnn(-c2ncc(C(F)(F)F)cn2)c1. The molecule has 0 bridgehead atoms. The van der Waals surface area contributed by atoms with E-state index in [4.69, 9.17) is 0 Å². The van der Waals surface area contributed by atoms with Gasteiger partial charge in [-0.1, -0.05) is 0 Å². The average molecular weight is 242 g/mol. The van der Waals surface area contributed by atoms with Crippen molar-refractivity contribution in [3.05, 3.63) is 35.9 Å². The predicted octanol–water partition coefficient (Wildman–Crippen LogP) is 1.49. The Bertz CT molecular complexity index is 532. The summed E-state index contributed by atoms with van der Waals surface area (Å²) in [6.07, 6.45) is -0.0248. The van der Waals surface area contributed by atoms with Gasteiger partial charge in [-0.15, -0.1) is 0 Å². The van der Waals surface area contributed by atoms with E-state index in [0.29, 0.717) is 18.7 Å². The molecule has 2 aromatic rings. The van der Waals surface area contributed by atoms with E-state index in [1.807, 2.05) is 0 Å². The van der Waals surface area contributed by atoms with Gasteiger partial charge in [0.1, 0.15) is 0 Å². The Balaban J connectivity index is 2.32. The molecular formula is C9H5F3N4O. The van der Waals surface area contributed by atoms with Gasteiger partial charge < -0.3 is 0 Å². The first-order valence-corrected chi connectivity index (χ1v) is 4.40. The fraction of sp³-hybridized carbons (Fsp3) is 0.111. The maximum absolute atomic E-state index is 12.2. The van der Waals surface area contributed by atoms with E-state index in [1.165, 1.54) is 12.4 Å². The van der Waals surface area contributed by atoms with E-state index in [2.05, 4.69) is 15.1 Å². The summed E-state index contributed by atoms with van der Waals surface area (Å²) in [5, 5.41) is 3.73. The van der Waals surface area contributed by atoms with Gasteiger partial charge in [0.15, 0.2) is 6.29 Å². The van der Waals surface area contributed by atoms with Crippen LogP contribution in [0.2, 0.25) is 0 Å². The van der Waals surface area contributed by atoms with Crippen molar-refractivity contribution in [1.82, 2.24) is 19.7 Å².